The average Bonchev–Trinajstić information content (AvgIpc) is 3.04. The number of benzene rings is 2. The Morgan fingerprint density at radius 2 is 2.00 bits per heavy atom. The van der Waals surface area contributed by atoms with E-state index in [2.05, 4.69) is 0 Å². The molecule has 2 aromatic carbocycles. The first-order chi connectivity index (χ1) is 11.7. The van der Waals surface area contributed by atoms with Crippen LogP contribution in [0.25, 0.3) is 0 Å². The summed E-state index contributed by atoms with van der Waals surface area (Å²) in [5.41, 5.74) is 1.76. The second-order valence-electron chi connectivity index (χ2n) is 5.63. The number of ether oxygens (including phenoxy) is 4. The number of para-hydroxylation sites is 1. The molecule has 2 heterocycles. The molecule has 4 rings (SSSR count). The molecule has 2 aromatic rings. The zero-order valence-electron chi connectivity index (χ0n) is 12.8. The minimum absolute atomic E-state index is 0.103. The summed E-state index contributed by atoms with van der Waals surface area (Å²) in [6, 6.07) is 11.1. The highest BCUT2D eigenvalue weighted by Crippen LogP contribution is 2.38. The van der Waals surface area contributed by atoms with E-state index in [-0.39, 0.29) is 6.61 Å². The summed E-state index contributed by atoms with van der Waals surface area (Å²) in [7, 11) is 0. The van der Waals surface area contributed by atoms with Crippen molar-refractivity contribution in [2.45, 2.75) is 19.1 Å². The molecule has 0 bridgehead atoms. The summed E-state index contributed by atoms with van der Waals surface area (Å²) >= 11 is 6.18. The molecule has 0 fully saturated rings. The number of carbonyl (C=O) groups excluding carboxylic acids is 1. The van der Waals surface area contributed by atoms with Crippen molar-refractivity contribution in [2.75, 3.05) is 13.2 Å². The topological polar surface area (TPSA) is 54.0 Å². The first-order valence-corrected chi connectivity index (χ1v) is 8.08. The lowest BCUT2D eigenvalue weighted by Crippen LogP contribution is -2.27. The zero-order valence-corrected chi connectivity index (χ0v) is 13.5. The van der Waals surface area contributed by atoms with Crippen LogP contribution in [-0.4, -0.2) is 25.3 Å². The van der Waals surface area contributed by atoms with E-state index in [0.29, 0.717) is 36.2 Å². The van der Waals surface area contributed by atoms with E-state index in [1.807, 2.05) is 24.3 Å². The van der Waals surface area contributed by atoms with Gasteiger partial charge in [-0.3, -0.25) is 0 Å². The molecule has 0 amide bonds. The highest BCUT2D eigenvalue weighted by Gasteiger charge is 2.30. The van der Waals surface area contributed by atoms with Crippen molar-refractivity contribution in [3.8, 4) is 17.2 Å². The van der Waals surface area contributed by atoms with Crippen LogP contribution in [0.15, 0.2) is 36.4 Å². The predicted octanol–water partition coefficient (Wildman–Crippen LogP) is 3.16. The van der Waals surface area contributed by atoms with Gasteiger partial charge in [0.2, 0.25) is 0 Å². The van der Waals surface area contributed by atoms with Crippen LogP contribution in [0.2, 0.25) is 5.02 Å². The van der Waals surface area contributed by atoms with E-state index in [1.165, 1.54) is 0 Å². The fourth-order valence-corrected chi connectivity index (χ4v) is 3.10. The molecule has 2 aliphatic heterocycles. The van der Waals surface area contributed by atoms with E-state index in [4.69, 9.17) is 30.5 Å². The number of carbonyl (C=O) groups is 1. The van der Waals surface area contributed by atoms with E-state index in [0.717, 1.165) is 16.9 Å². The molecule has 0 saturated heterocycles. The maximum Gasteiger partial charge on any atom is 0.348 e. The van der Waals surface area contributed by atoms with Crippen LogP contribution in [0.3, 0.4) is 0 Å². The van der Waals surface area contributed by atoms with E-state index < -0.39 is 12.1 Å². The fraction of sp³-hybridized carbons (Fsp3) is 0.278. The van der Waals surface area contributed by atoms with Gasteiger partial charge in [0.25, 0.3) is 0 Å². The maximum absolute atomic E-state index is 12.2. The third kappa shape index (κ3) is 2.87. The standard InChI is InChI=1S/C18H15ClO5/c19-13-7-11(8-15-17(13)22-6-5-21-15)10-23-18(20)16-9-12-3-1-2-4-14(12)24-16/h1-4,7-8,16H,5-6,9-10H2. The predicted molar refractivity (Wildman–Crippen MR) is 86.8 cm³/mol. The van der Waals surface area contributed by atoms with Crippen LogP contribution in [0.5, 0.6) is 17.2 Å². The third-order valence-electron chi connectivity index (χ3n) is 3.95. The van der Waals surface area contributed by atoms with Crippen molar-refractivity contribution in [2.24, 2.45) is 0 Å². The SMILES string of the molecule is O=C(OCc1cc(Cl)c2c(c1)OCCO2)C1Cc2ccccc2O1. The van der Waals surface area contributed by atoms with Crippen molar-refractivity contribution in [3.63, 3.8) is 0 Å². The molecule has 0 aliphatic carbocycles. The van der Waals surface area contributed by atoms with Crippen LogP contribution in [-0.2, 0) is 22.6 Å². The fourth-order valence-electron chi connectivity index (χ4n) is 2.81. The zero-order chi connectivity index (χ0) is 16.5. The molecule has 1 atom stereocenters. The van der Waals surface area contributed by atoms with Crippen LogP contribution >= 0.6 is 11.6 Å². The average molecular weight is 347 g/mol. The van der Waals surface area contributed by atoms with Gasteiger partial charge in [-0.15, -0.1) is 0 Å². The van der Waals surface area contributed by atoms with Crippen molar-refractivity contribution < 1.29 is 23.7 Å². The maximum atomic E-state index is 12.2. The second-order valence-corrected chi connectivity index (χ2v) is 6.04. The lowest BCUT2D eigenvalue weighted by atomic mass is 10.1. The van der Waals surface area contributed by atoms with Gasteiger partial charge in [-0.2, -0.15) is 0 Å². The first-order valence-electron chi connectivity index (χ1n) is 7.70. The smallest absolute Gasteiger partial charge is 0.348 e. The molecule has 24 heavy (non-hydrogen) atoms. The summed E-state index contributed by atoms with van der Waals surface area (Å²) in [4.78, 5) is 12.2. The molecule has 0 spiro atoms. The molecule has 0 radical (unpaired) electrons. The van der Waals surface area contributed by atoms with Gasteiger partial charge in [-0.25, -0.2) is 4.79 Å². The van der Waals surface area contributed by atoms with Gasteiger partial charge in [-0.05, 0) is 29.3 Å². The quantitative estimate of drug-likeness (QED) is 0.799. The Labute approximate surface area is 144 Å². The summed E-state index contributed by atoms with van der Waals surface area (Å²) in [5, 5.41) is 0.447. The highest BCUT2D eigenvalue weighted by atomic mass is 35.5. The Morgan fingerprint density at radius 3 is 2.88 bits per heavy atom. The number of hydrogen-bond donors (Lipinski definition) is 0. The van der Waals surface area contributed by atoms with Gasteiger partial charge in [0.1, 0.15) is 25.6 Å². The molecule has 1 unspecified atom stereocenters. The van der Waals surface area contributed by atoms with Gasteiger partial charge >= 0.3 is 5.97 Å². The molecule has 0 N–H and O–H groups in total. The Morgan fingerprint density at radius 1 is 1.17 bits per heavy atom. The molecule has 0 saturated carbocycles. The van der Waals surface area contributed by atoms with Crippen LogP contribution in [0.4, 0.5) is 0 Å². The van der Waals surface area contributed by atoms with Crippen LogP contribution in [0.1, 0.15) is 11.1 Å². The normalized spacial score (nSPS) is 17.8. The second kappa shape index (κ2) is 6.24. The summed E-state index contributed by atoms with van der Waals surface area (Å²) in [6.07, 6.45) is -0.0771. The van der Waals surface area contributed by atoms with E-state index in [9.17, 15) is 4.79 Å². The molecular formula is C18H15ClO5. The minimum Gasteiger partial charge on any atom is -0.486 e. The van der Waals surface area contributed by atoms with Crippen molar-refractivity contribution in [3.05, 3.63) is 52.5 Å². The minimum atomic E-state index is -0.602. The summed E-state index contributed by atoms with van der Waals surface area (Å²) < 4.78 is 22.0. The largest absolute Gasteiger partial charge is 0.486 e. The molecule has 2 aliphatic rings. The van der Waals surface area contributed by atoms with Crippen LogP contribution in [0, 0.1) is 0 Å². The molecule has 124 valence electrons. The molecule has 0 aromatic heterocycles. The monoisotopic (exact) mass is 346 g/mol. The van der Waals surface area contributed by atoms with Crippen LogP contribution < -0.4 is 14.2 Å². The lowest BCUT2D eigenvalue weighted by Gasteiger charge is -2.20. The lowest BCUT2D eigenvalue weighted by molar-refractivity contribution is -0.152. The number of rotatable bonds is 3. The Balaban J connectivity index is 1.41. The van der Waals surface area contributed by atoms with Gasteiger partial charge in [0, 0.05) is 6.42 Å². The van der Waals surface area contributed by atoms with Gasteiger partial charge in [0.05, 0.1) is 5.02 Å². The summed E-state index contributed by atoms with van der Waals surface area (Å²) in [5.74, 6) is 1.45. The third-order valence-corrected chi connectivity index (χ3v) is 4.23. The van der Waals surface area contributed by atoms with Crippen molar-refractivity contribution in [1.82, 2.24) is 0 Å². The van der Waals surface area contributed by atoms with Gasteiger partial charge in [0.15, 0.2) is 17.6 Å². The van der Waals surface area contributed by atoms with Gasteiger partial charge < -0.3 is 18.9 Å². The number of halogens is 1. The first kappa shape index (κ1) is 15.1. The van der Waals surface area contributed by atoms with Gasteiger partial charge in [-0.1, -0.05) is 29.8 Å². The molecule has 6 heteroatoms. The van der Waals surface area contributed by atoms with E-state index in [1.54, 1.807) is 12.1 Å². The summed E-state index contributed by atoms with van der Waals surface area (Å²) in [6.45, 7) is 1.05. The Bertz CT molecular complexity index is 764. The Kier molecular flexibility index (Phi) is 3.94. The number of hydrogen-bond acceptors (Lipinski definition) is 5. The number of fused-ring (bicyclic) bond motifs is 2. The van der Waals surface area contributed by atoms with Crippen molar-refractivity contribution in [1.29, 1.82) is 0 Å². The Hall–Kier alpha value is -2.40. The van der Waals surface area contributed by atoms with Crippen molar-refractivity contribution >= 4 is 17.6 Å². The molecule has 5 nitrogen and oxygen atoms in total. The van der Waals surface area contributed by atoms with E-state index >= 15 is 0 Å². The molecular weight excluding hydrogens is 332 g/mol. The number of esters is 1. The highest BCUT2D eigenvalue weighted by molar-refractivity contribution is 6.32.